The molecule has 0 aromatic heterocycles. The van der Waals surface area contributed by atoms with Crippen molar-refractivity contribution >= 4 is 23.2 Å². The number of hydrogen-bond acceptors (Lipinski definition) is 1. The molecule has 2 aromatic rings. The smallest absolute Gasteiger partial charge is 0.0649 e. The van der Waals surface area contributed by atoms with Gasteiger partial charge in [-0.2, -0.15) is 0 Å². The lowest BCUT2D eigenvalue weighted by Crippen LogP contribution is -2.20. The average molecular weight is 309 g/mol. The second-order valence-electron chi connectivity index (χ2n) is 4.91. The summed E-state index contributed by atoms with van der Waals surface area (Å²) in [5, 5.41) is 11.6. The van der Waals surface area contributed by atoms with Crippen molar-refractivity contribution in [1.29, 1.82) is 0 Å². The van der Waals surface area contributed by atoms with Crippen LogP contribution in [0.4, 0.5) is 0 Å². The maximum atomic E-state index is 10.5. The Bertz CT molecular complexity index is 554. The summed E-state index contributed by atoms with van der Waals surface area (Å²) >= 11 is 12.2. The van der Waals surface area contributed by atoms with Crippen LogP contribution in [0.2, 0.25) is 10.0 Å². The van der Waals surface area contributed by atoms with Crippen LogP contribution in [0.3, 0.4) is 0 Å². The highest BCUT2D eigenvalue weighted by atomic mass is 35.5. The van der Waals surface area contributed by atoms with Crippen molar-refractivity contribution in [3.63, 3.8) is 0 Å². The summed E-state index contributed by atoms with van der Waals surface area (Å²) in [6.07, 6.45) is 0.911. The molecule has 0 fully saturated rings. The topological polar surface area (TPSA) is 20.2 Å². The first-order valence-corrected chi connectivity index (χ1v) is 7.55. The molecule has 3 heteroatoms. The fraction of sp³-hybridized carbons (Fsp3) is 0.294. The lowest BCUT2D eigenvalue weighted by atomic mass is 9.88. The van der Waals surface area contributed by atoms with Crippen LogP contribution in [0.5, 0.6) is 0 Å². The fourth-order valence-electron chi connectivity index (χ4n) is 2.50. The van der Waals surface area contributed by atoms with Gasteiger partial charge in [0.05, 0.1) is 16.1 Å². The van der Waals surface area contributed by atoms with Crippen LogP contribution in [-0.2, 0) is 6.42 Å². The number of hydrogen-bond donors (Lipinski definition) is 1. The average Bonchev–Trinajstić information content (AvgIpc) is 2.46. The monoisotopic (exact) mass is 308 g/mol. The van der Waals surface area contributed by atoms with Crippen LogP contribution < -0.4 is 0 Å². The standard InChI is InChI=1S/C17H18Cl2O/c1-2-14(12-7-4-3-5-8-12)16(20)11-13-9-6-10-15(18)17(13)19/h3-10,14,16,20H,2,11H2,1H3. The zero-order valence-corrected chi connectivity index (χ0v) is 12.9. The van der Waals surface area contributed by atoms with Gasteiger partial charge in [0.15, 0.2) is 0 Å². The molecule has 20 heavy (non-hydrogen) atoms. The molecule has 1 N–H and O–H groups in total. The number of rotatable bonds is 5. The molecule has 2 unspecified atom stereocenters. The Labute approximate surface area is 130 Å². The Balaban J connectivity index is 2.18. The molecule has 0 heterocycles. The van der Waals surface area contributed by atoms with Gasteiger partial charge >= 0.3 is 0 Å². The molecule has 1 nitrogen and oxygen atoms in total. The largest absolute Gasteiger partial charge is 0.392 e. The van der Waals surface area contributed by atoms with Gasteiger partial charge in [0.1, 0.15) is 0 Å². The van der Waals surface area contributed by atoms with E-state index in [2.05, 4.69) is 19.1 Å². The van der Waals surface area contributed by atoms with Gasteiger partial charge in [0.25, 0.3) is 0 Å². The van der Waals surface area contributed by atoms with E-state index in [1.165, 1.54) is 0 Å². The van der Waals surface area contributed by atoms with Crippen molar-refractivity contribution in [3.05, 3.63) is 69.7 Å². The Morgan fingerprint density at radius 2 is 1.70 bits per heavy atom. The lowest BCUT2D eigenvalue weighted by molar-refractivity contribution is 0.141. The maximum absolute atomic E-state index is 10.5. The molecule has 0 amide bonds. The molecule has 0 aliphatic carbocycles. The SMILES string of the molecule is CCC(c1ccccc1)C(O)Cc1cccc(Cl)c1Cl. The van der Waals surface area contributed by atoms with Gasteiger partial charge < -0.3 is 5.11 Å². The van der Waals surface area contributed by atoms with Gasteiger partial charge in [0.2, 0.25) is 0 Å². The zero-order valence-electron chi connectivity index (χ0n) is 11.4. The van der Waals surface area contributed by atoms with E-state index in [1.54, 1.807) is 6.07 Å². The first-order chi connectivity index (χ1) is 9.63. The highest BCUT2D eigenvalue weighted by Gasteiger charge is 2.20. The normalized spacial score (nSPS) is 14.0. The molecule has 0 saturated heterocycles. The molecule has 2 atom stereocenters. The highest BCUT2D eigenvalue weighted by Crippen LogP contribution is 2.30. The summed E-state index contributed by atoms with van der Waals surface area (Å²) in [4.78, 5) is 0. The molecule has 0 bridgehead atoms. The van der Waals surface area contributed by atoms with E-state index in [0.717, 1.165) is 17.5 Å². The summed E-state index contributed by atoms with van der Waals surface area (Å²) < 4.78 is 0. The van der Waals surface area contributed by atoms with Crippen LogP contribution in [0.25, 0.3) is 0 Å². The second kappa shape index (κ2) is 7.12. The highest BCUT2D eigenvalue weighted by molar-refractivity contribution is 6.42. The predicted octanol–water partition coefficient (Wildman–Crippen LogP) is 5.09. The zero-order chi connectivity index (χ0) is 14.5. The molecule has 2 aromatic carbocycles. The molecule has 0 aliphatic heterocycles. The molecule has 0 saturated carbocycles. The minimum Gasteiger partial charge on any atom is -0.392 e. The van der Waals surface area contributed by atoms with Gasteiger partial charge in [-0.05, 0) is 23.6 Å². The van der Waals surface area contributed by atoms with Gasteiger partial charge in [-0.15, -0.1) is 0 Å². The van der Waals surface area contributed by atoms with E-state index in [0.29, 0.717) is 16.5 Å². The summed E-state index contributed by atoms with van der Waals surface area (Å²) in [6, 6.07) is 15.6. The van der Waals surface area contributed by atoms with Crippen molar-refractivity contribution in [1.82, 2.24) is 0 Å². The Hall–Kier alpha value is -1.02. The van der Waals surface area contributed by atoms with Crippen molar-refractivity contribution < 1.29 is 5.11 Å². The molecule has 2 rings (SSSR count). The molecular weight excluding hydrogens is 291 g/mol. The second-order valence-corrected chi connectivity index (χ2v) is 5.70. The van der Waals surface area contributed by atoms with Crippen molar-refractivity contribution in [2.45, 2.75) is 31.8 Å². The third-order valence-corrected chi connectivity index (χ3v) is 4.45. The minimum absolute atomic E-state index is 0.103. The number of halogens is 2. The van der Waals surface area contributed by atoms with E-state index in [4.69, 9.17) is 23.2 Å². The third-order valence-electron chi connectivity index (χ3n) is 3.59. The maximum Gasteiger partial charge on any atom is 0.0649 e. The van der Waals surface area contributed by atoms with Crippen LogP contribution in [0.15, 0.2) is 48.5 Å². The van der Waals surface area contributed by atoms with Gasteiger partial charge in [-0.3, -0.25) is 0 Å². The van der Waals surface area contributed by atoms with Crippen molar-refractivity contribution in [2.24, 2.45) is 0 Å². The summed E-state index contributed by atoms with van der Waals surface area (Å²) in [6.45, 7) is 2.08. The lowest BCUT2D eigenvalue weighted by Gasteiger charge is -2.22. The van der Waals surface area contributed by atoms with Crippen LogP contribution >= 0.6 is 23.2 Å². The van der Waals surface area contributed by atoms with Gasteiger partial charge in [-0.1, -0.05) is 72.6 Å². The fourth-order valence-corrected chi connectivity index (χ4v) is 2.90. The number of aliphatic hydroxyl groups excluding tert-OH is 1. The van der Waals surface area contributed by atoms with Gasteiger partial charge in [-0.25, -0.2) is 0 Å². The first kappa shape index (κ1) is 15.4. The molecule has 0 spiro atoms. The minimum atomic E-state index is -0.474. The Kier molecular flexibility index (Phi) is 5.47. The Morgan fingerprint density at radius 1 is 1.00 bits per heavy atom. The number of aliphatic hydroxyl groups is 1. The van der Waals surface area contributed by atoms with Gasteiger partial charge in [0, 0.05) is 12.3 Å². The van der Waals surface area contributed by atoms with E-state index >= 15 is 0 Å². The third kappa shape index (κ3) is 3.54. The summed E-state index contributed by atoms with van der Waals surface area (Å²) in [7, 11) is 0. The van der Waals surface area contributed by atoms with Crippen LogP contribution in [0, 0.1) is 0 Å². The Morgan fingerprint density at radius 3 is 2.35 bits per heavy atom. The van der Waals surface area contributed by atoms with Crippen molar-refractivity contribution in [3.8, 4) is 0 Å². The summed E-state index contributed by atoms with van der Waals surface area (Å²) in [5.74, 6) is 0.103. The van der Waals surface area contributed by atoms with E-state index in [9.17, 15) is 5.11 Å². The molecule has 106 valence electrons. The van der Waals surface area contributed by atoms with Crippen LogP contribution in [-0.4, -0.2) is 11.2 Å². The first-order valence-electron chi connectivity index (χ1n) is 6.79. The molecule has 0 radical (unpaired) electrons. The van der Waals surface area contributed by atoms with E-state index in [-0.39, 0.29) is 5.92 Å². The van der Waals surface area contributed by atoms with E-state index < -0.39 is 6.10 Å². The quantitative estimate of drug-likeness (QED) is 0.815. The van der Waals surface area contributed by atoms with E-state index in [1.807, 2.05) is 30.3 Å². The molecular formula is C17H18Cl2O. The summed E-state index contributed by atoms with van der Waals surface area (Å²) in [5.41, 5.74) is 2.04. The predicted molar refractivity (Wildman–Crippen MR) is 85.6 cm³/mol. The van der Waals surface area contributed by atoms with Crippen molar-refractivity contribution in [2.75, 3.05) is 0 Å². The molecule has 0 aliphatic rings. The number of benzene rings is 2. The van der Waals surface area contributed by atoms with Crippen LogP contribution in [0.1, 0.15) is 30.4 Å².